The number of hydrogen-bond acceptors (Lipinski definition) is 3. The normalized spacial score (nSPS) is 12.0. The van der Waals surface area contributed by atoms with Gasteiger partial charge in [-0.25, -0.2) is 0 Å². The summed E-state index contributed by atoms with van der Waals surface area (Å²) in [7, 11) is 0. The molecular formula is C4H6N2O2. The molecule has 0 aliphatic rings. The molecular weight excluding hydrogens is 108 g/mol. The van der Waals surface area contributed by atoms with Gasteiger partial charge in [0.2, 0.25) is 0 Å². The van der Waals surface area contributed by atoms with Crippen molar-refractivity contribution in [2.45, 2.75) is 12.5 Å². The highest BCUT2D eigenvalue weighted by molar-refractivity contribution is 5.67. The highest BCUT2D eigenvalue weighted by Gasteiger charge is 2.03. The lowest BCUT2D eigenvalue weighted by Gasteiger charge is -1.92. The van der Waals surface area contributed by atoms with Crippen molar-refractivity contribution in [3.63, 3.8) is 0 Å². The van der Waals surface area contributed by atoms with Crippen molar-refractivity contribution >= 4 is 5.97 Å². The second-order valence-electron chi connectivity index (χ2n) is 1.33. The van der Waals surface area contributed by atoms with Gasteiger partial charge in [0.05, 0.1) is 12.5 Å². The first-order valence-electron chi connectivity index (χ1n) is 2.04. The summed E-state index contributed by atoms with van der Waals surface area (Å²) in [6.07, 6.45) is -0.281. The van der Waals surface area contributed by atoms with Crippen LogP contribution in [0.3, 0.4) is 0 Å². The number of aliphatic carboxylic acids is 1. The van der Waals surface area contributed by atoms with Gasteiger partial charge in [-0.3, -0.25) is 4.79 Å². The summed E-state index contributed by atoms with van der Waals surface area (Å²) in [6.45, 7) is 0. The van der Waals surface area contributed by atoms with Crippen LogP contribution < -0.4 is 5.73 Å². The van der Waals surface area contributed by atoms with Crippen LogP contribution in [0.5, 0.6) is 0 Å². The Morgan fingerprint density at radius 3 is 2.62 bits per heavy atom. The van der Waals surface area contributed by atoms with Crippen LogP contribution in [0.25, 0.3) is 0 Å². The zero-order valence-corrected chi connectivity index (χ0v) is 4.16. The Morgan fingerprint density at radius 2 is 2.50 bits per heavy atom. The molecule has 0 aromatic heterocycles. The highest BCUT2D eigenvalue weighted by atomic mass is 16.4. The molecule has 0 amide bonds. The van der Waals surface area contributed by atoms with E-state index in [1.165, 1.54) is 0 Å². The van der Waals surface area contributed by atoms with Gasteiger partial charge >= 0.3 is 5.97 Å². The van der Waals surface area contributed by atoms with E-state index in [1.54, 1.807) is 6.07 Å². The third kappa shape index (κ3) is 3.12. The van der Waals surface area contributed by atoms with Crippen LogP contribution in [-0.2, 0) is 4.79 Å². The first kappa shape index (κ1) is 6.92. The summed E-state index contributed by atoms with van der Waals surface area (Å²) >= 11 is 0. The molecule has 0 saturated carbocycles. The maximum Gasteiger partial charge on any atom is 0.306 e. The Labute approximate surface area is 46.5 Å². The van der Waals surface area contributed by atoms with Crippen LogP contribution in [0, 0.1) is 11.3 Å². The smallest absolute Gasteiger partial charge is 0.306 e. The highest BCUT2D eigenvalue weighted by Crippen LogP contribution is 1.82. The average molecular weight is 114 g/mol. The summed E-state index contributed by atoms with van der Waals surface area (Å²) in [5, 5.41) is 15.9. The van der Waals surface area contributed by atoms with Crippen LogP contribution in [0.2, 0.25) is 0 Å². The molecule has 0 aromatic carbocycles. The Balaban J connectivity index is 3.43. The summed E-state index contributed by atoms with van der Waals surface area (Å²) in [6, 6.07) is 0.725. The summed E-state index contributed by atoms with van der Waals surface area (Å²) in [5.41, 5.74) is 4.93. The Bertz CT molecular complexity index is 126. The van der Waals surface area contributed by atoms with Crippen molar-refractivity contribution < 1.29 is 9.90 Å². The van der Waals surface area contributed by atoms with Crippen LogP contribution in [-0.4, -0.2) is 17.1 Å². The zero-order chi connectivity index (χ0) is 6.57. The Hall–Kier alpha value is -1.08. The van der Waals surface area contributed by atoms with E-state index in [1.807, 2.05) is 0 Å². The van der Waals surface area contributed by atoms with E-state index in [0.29, 0.717) is 0 Å². The minimum absolute atomic E-state index is 0.281. The van der Waals surface area contributed by atoms with Crippen molar-refractivity contribution in [3.8, 4) is 6.07 Å². The molecule has 0 fully saturated rings. The number of carbonyl (C=O) groups is 1. The third-order valence-electron chi connectivity index (χ3n) is 0.560. The minimum atomic E-state index is -1.04. The fourth-order valence-corrected chi connectivity index (χ4v) is 0.234. The molecule has 1 unspecified atom stereocenters. The van der Waals surface area contributed by atoms with Crippen molar-refractivity contribution in [2.24, 2.45) is 5.73 Å². The van der Waals surface area contributed by atoms with Crippen LogP contribution >= 0.6 is 0 Å². The van der Waals surface area contributed by atoms with Crippen LogP contribution in [0.15, 0.2) is 0 Å². The molecule has 0 spiro atoms. The second kappa shape index (κ2) is 2.99. The standard InChI is InChI=1S/C4H6N2O2/c5-2-3(6)1-4(7)8/h3H,1,6H2,(H,7,8). The SMILES string of the molecule is N#CC(N)CC(=O)O. The lowest BCUT2D eigenvalue weighted by Crippen LogP contribution is -2.20. The predicted molar refractivity (Wildman–Crippen MR) is 25.8 cm³/mol. The summed E-state index contributed by atoms with van der Waals surface area (Å²) in [4.78, 5) is 9.74. The molecule has 0 heterocycles. The van der Waals surface area contributed by atoms with E-state index < -0.39 is 12.0 Å². The monoisotopic (exact) mass is 114 g/mol. The fraction of sp³-hybridized carbons (Fsp3) is 0.500. The van der Waals surface area contributed by atoms with Crippen molar-refractivity contribution in [1.82, 2.24) is 0 Å². The molecule has 1 atom stereocenters. The molecule has 0 aliphatic carbocycles. The number of rotatable bonds is 2. The number of nitrogens with zero attached hydrogens (tertiary/aromatic N) is 1. The molecule has 0 aliphatic heterocycles. The zero-order valence-electron chi connectivity index (χ0n) is 4.16. The summed E-state index contributed by atoms with van der Waals surface area (Å²) in [5.74, 6) is -1.04. The van der Waals surface area contributed by atoms with Crippen LogP contribution in [0.1, 0.15) is 6.42 Å². The molecule has 8 heavy (non-hydrogen) atoms. The first-order valence-corrected chi connectivity index (χ1v) is 2.04. The fourth-order valence-electron chi connectivity index (χ4n) is 0.234. The van der Waals surface area contributed by atoms with E-state index in [4.69, 9.17) is 16.1 Å². The first-order chi connectivity index (χ1) is 3.66. The van der Waals surface area contributed by atoms with Gasteiger partial charge in [0.25, 0.3) is 0 Å². The van der Waals surface area contributed by atoms with Crippen molar-refractivity contribution in [2.75, 3.05) is 0 Å². The third-order valence-corrected chi connectivity index (χ3v) is 0.560. The average Bonchev–Trinajstić information content (AvgIpc) is 1.65. The molecule has 44 valence electrons. The molecule has 0 saturated heterocycles. The molecule has 0 radical (unpaired) electrons. The molecule has 0 bridgehead atoms. The van der Waals surface area contributed by atoms with Gasteiger partial charge < -0.3 is 10.8 Å². The minimum Gasteiger partial charge on any atom is -0.481 e. The van der Waals surface area contributed by atoms with Crippen molar-refractivity contribution in [1.29, 1.82) is 5.26 Å². The molecule has 0 rings (SSSR count). The molecule has 4 nitrogen and oxygen atoms in total. The van der Waals surface area contributed by atoms with Crippen LogP contribution in [0.4, 0.5) is 0 Å². The Morgan fingerprint density at radius 1 is 2.00 bits per heavy atom. The van der Waals surface area contributed by atoms with E-state index in [-0.39, 0.29) is 6.42 Å². The summed E-state index contributed by atoms with van der Waals surface area (Å²) < 4.78 is 0. The van der Waals surface area contributed by atoms with Gasteiger partial charge in [0.1, 0.15) is 6.04 Å². The van der Waals surface area contributed by atoms with E-state index in [2.05, 4.69) is 0 Å². The van der Waals surface area contributed by atoms with Gasteiger partial charge in [0.15, 0.2) is 0 Å². The lowest BCUT2D eigenvalue weighted by molar-refractivity contribution is -0.137. The quantitative estimate of drug-likeness (QED) is 0.497. The molecule has 4 heteroatoms. The maximum absolute atomic E-state index is 9.74. The molecule has 3 N–H and O–H groups in total. The lowest BCUT2D eigenvalue weighted by atomic mass is 10.2. The van der Waals surface area contributed by atoms with Gasteiger partial charge in [-0.05, 0) is 0 Å². The number of carboxylic acids is 1. The number of nitrogens with two attached hydrogens (primary N) is 1. The second-order valence-corrected chi connectivity index (χ2v) is 1.33. The number of nitriles is 1. The van der Waals surface area contributed by atoms with Crippen molar-refractivity contribution in [3.05, 3.63) is 0 Å². The largest absolute Gasteiger partial charge is 0.481 e. The maximum atomic E-state index is 9.74. The van der Waals surface area contributed by atoms with E-state index in [9.17, 15) is 4.79 Å². The van der Waals surface area contributed by atoms with Gasteiger partial charge in [-0.15, -0.1) is 0 Å². The van der Waals surface area contributed by atoms with Gasteiger partial charge in [-0.2, -0.15) is 5.26 Å². The predicted octanol–water partition coefficient (Wildman–Crippen LogP) is -0.688. The molecule has 0 aromatic rings. The van der Waals surface area contributed by atoms with E-state index in [0.717, 1.165) is 0 Å². The Kier molecular flexibility index (Phi) is 2.59. The number of carboxylic acid groups (broad SMARTS) is 1. The number of hydrogen-bond donors (Lipinski definition) is 2. The van der Waals surface area contributed by atoms with Gasteiger partial charge in [0, 0.05) is 0 Å². The topological polar surface area (TPSA) is 87.1 Å². The van der Waals surface area contributed by atoms with E-state index >= 15 is 0 Å². The van der Waals surface area contributed by atoms with Gasteiger partial charge in [-0.1, -0.05) is 0 Å².